The van der Waals surface area contributed by atoms with Gasteiger partial charge in [0.2, 0.25) is 11.8 Å². The van der Waals surface area contributed by atoms with Crippen LogP contribution in [0.1, 0.15) is 23.2 Å². The zero-order valence-corrected chi connectivity index (χ0v) is 19.5. The molecule has 3 aromatic rings. The van der Waals surface area contributed by atoms with Crippen LogP contribution in [-0.4, -0.2) is 54.5 Å². The highest BCUT2D eigenvalue weighted by Gasteiger charge is 2.16. The van der Waals surface area contributed by atoms with E-state index >= 15 is 0 Å². The van der Waals surface area contributed by atoms with E-state index in [0.717, 1.165) is 40.8 Å². The second-order valence-corrected chi connectivity index (χ2v) is 8.49. The number of carbonyl (C=O) groups is 2. The van der Waals surface area contributed by atoms with E-state index < -0.39 is 5.82 Å². The van der Waals surface area contributed by atoms with Crippen molar-refractivity contribution in [2.75, 3.05) is 43.5 Å². The Kier molecular flexibility index (Phi) is 7.49. The molecule has 1 aliphatic heterocycles. The fraction of sp³-hybridized carbons (Fsp3) is 0.346. The molecule has 1 saturated heterocycles. The number of benzene rings is 2. The molecule has 2 amide bonds. The van der Waals surface area contributed by atoms with Gasteiger partial charge in [0.25, 0.3) is 0 Å². The van der Waals surface area contributed by atoms with E-state index in [2.05, 4.69) is 20.5 Å². The number of hydrogen-bond acceptors (Lipinski definition) is 5. The maximum atomic E-state index is 14.3. The molecule has 7 nitrogen and oxygen atoms in total. The Morgan fingerprint density at radius 2 is 1.82 bits per heavy atom. The normalized spacial score (nSPS) is 14.2. The van der Waals surface area contributed by atoms with E-state index in [1.165, 1.54) is 18.2 Å². The minimum absolute atomic E-state index is 0.0458. The second kappa shape index (κ2) is 10.7. The SMILES string of the molecule is Cc1nc2ccccc2c(C)c1CC(=O)Nc1ccc(F)c(NC(=O)CCN2CCOCC2)c1. The van der Waals surface area contributed by atoms with Gasteiger partial charge in [0.1, 0.15) is 5.82 Å². The van der Waals surface area contributed by atoms with Crippen LogP contribution in [0.25, 0.3) is 10.9 Å². The number of rotatable bonds is 7. The van der Waals surface area contributed by atoms with Crippen LogP contribution in [0, 0.1) is 19.7 Å². The highest BCUT2D eigenvalue weighted by molar-refractivity contribution is 5.96. The van der Waals surface area contributed by atoms with Crippen LogP contribution in [0.2, 0.25) is 0 Å². The summed E-state index contributed by atoms with van der Waals surface area (Å²) in [6.07, 6.45) is 0.400. The van der Waals surface area contributed by atoms with Crippen molar-refractivity contribution in [2.24, 2.45) is 0 Å². The molecule has 178 valence electrons. The van der Waals surface area contributed by atoms with Crippen LogP contribution >= 0.6 is 0 Å². The van der Waals surface area contributed by atoms with Crippen LogP contribution in [-0.2, 0) is 20.7 Å². The predicted octanol–water partition coefficient (Wildman–Crippen LogP) is 3.83. The summed E-state index contributed by atoms with van der Waals surface area (Å²) in [5, 5.41) is 6.44. The number of hydrogen-bond donors (Lipinski definition) is 2. The number of para-hydroxylation sites is 1. The number of morpholine rings is 1. The zero-order valence-electron chi connectivity index (χ0n) is 19.5. The molecule has 2 heterocycles. The number of aryl methyl sites for hydroxylation is 2. The average molecular weight is 465 g/mol. The number of halogens is 1. The molecule has 0 bridgehead atoms. The lowest BCUT2D eigenvalue weighted by molar-refractivity contribution is -0.117. The van der Waals surface area contributed by atoms with Crippen molar-refractivity contribution in [2.45, 2.75) is 26.7 Å². The highest BCUT2D eigenvalue weighted by Crippen LogP contribution is 2.24. The van der Waals surface area contributed by atoms with Gasteiger partial charge in [0, 0.05) is 42.8 Å². The van der Waals surface area contributed by atoms with Gasteiger partial charge in [-0.1, -0.05) is 18.2 Å². The fourth-order valence-electron chi connectivity index (χ4n) is 4.19. The number of pyridine rings is 1. The minimum atomic E-state index is -0.553. The molecule has 2 N–H and O–H groups in total. The highest BCUT2D eigenvalue weighted by atomic mass is 19.1. The largest absolute Gasteiger partial charge is 0.379 e. The number of nitrogens with one attached hydrogen (secondary N) is 2. The standard InChI is InChI=1S/C26H29FN4O3/c1-17-20-5-3-4-6-23(20)28-18(2)21(17)16-26(33)29-19-7-8-22(27)24(15-19)30-25(32)9-10-31-11-13-34-14-12-31/h3-8,15H,9-14,16H2,1-2H3,(H,29,33)(H,30,32). The molecule has 0 spiro atoms. The fourth-order valence-corrected chi connectivity index (χ4v) is 4.19. The monoisotopic (exact) mass is 464 g/mol. The molecule has 8 heteroatoms. The van der Waals surface area contributed by atoms with Crippen molar-refractivity contribution in [1.29, 1.82) is 0 Å². The summed E-state index contributed by atoms with van der Waals surface area (Å²) in [4.78, 5) is 31.9. The first-order valence-electron chi connectivity index (χ1n) is 11.4. The van der Waals surface area contributed by atoms with Gasteiger partial charge in [0.05, 0.1) is 30.8 Å². The van der Waals surface area contributed by atoms with Crippen molar-refractivity contribution in [3.05, 3.63) is 65.1 Å². The van der Waals surface area contributed by atoms with Crippen molar-refractivity contribution < 1.29 is 18.7 Å². The summed E-state index contributed by atoms with van der Waals surface area (Å²) in [5.41, 5.74) is 4.05. The number of anilines is 2. The van der Waals surface area contributed by atoms with Crippen LogP contribution < -0.4 is 10.6 Å². The molecule has 0 saturated carbocycles. The molecule has 1 fully saturated rings. The number of carbonyl (C=O) groups excluding carboxylic acids is 2. The Hall–Kier alpha value is -3.36. The smallest absolute Gasteiger partial charge is 0.228 e. The third-order valence-corrected chi connectivity index (χ3v) is 6.11. The van der Waals surface area contributed by atoms with Gasteiger partial charge in [-0.3, -0.25) is 19.5 Å². The van der Waals surface area contributed by atoms with E-state index in [1.807, 2.05) is 38.1 Å². The van der Waals surface area contributed by atoms with Gasteiger partial charge in [-0.25, -0.2) is 4.39 Å². The maximum absolute atomic E-state index is 14.3. The Morgan fingerprint density at radius 1 is 1.06 bits per heavy atom. The summed E-state index contributed by atoms with van der Waals surface area (Å²) < 4.78 is 19.6. The summed E-state index contributed by atoms with van der Waals surface area (Å²) in [6.45, 7) is 7.36. The van der Waals surface area contributed by atoms with Gasteiger partial charge in [-0.2, -0.15) is 0 Å². The minimum Gasteiger partial charge on any atom is -0.379 e. The summed E-state index contributed by atoms with van der Waals surface area (Å²) in [7, 11) is 0. The number of amides is 2. The van der Waals surface area contributed by atoms with Gasteiger partial charge < -0.3 is 15.4 Å². The lowest BCUT2D eigenvalue weighted by Gasteiger charge is -2.26. The van der Waals surface area contributed by atoms with Crippen molar-refractivity contribution in [3.8, 4) is 0 Å². The average Bonchev–Trinajstić information content (AvgIpc) is 2.83. The summed E-state index contributed by atoms with van der Waals surface area (Å²) in [5.74, 6) is -1.06. The first-order chi connectivity index (χ1) is 16.4. The van der Waals surface area contributed by atoms with Gasteiger partial charge in [0.15, 0.2) is 0 Å². The Morgan fingerprint density at radius 3 is 2.62 bits per heavy atom. The molecule has 0 aliphatic carbocycles. The molecule has 2 aromatic carbocycles. The summed E-state index contributed by atoms with van der Waals surface area (Å²) in [6, 6.07) is 12.0. The number of nitrogens with zero attached hydrogens (tertiary/aromatic N) is 2. The first-order valence-corrected chi connectivity index (χ1v) is 11.4. The Bertz CT molecular complexity index is 1210. The maximum Gasteiger partial charge on any atom is 0.228 e. The van der Waals surface area contributed by atoms with Crippen LogP contribution in [0.5, 0.6) is 0 Å². The van der Waals surface area contributed by atoms with Crippen molar-refractivity contribution in [3.63, 3.8) is 0 Å². The molecule has 0 radical (unpaired) electrons. The van der Waals surface area contributed by atoms with Crippen LogP contribution in [0.4, 0.5) is 15.8 Å². The van der Waals surface area contributed by atoms with E-state index in [0.29, 0.717) is 25.4 Å². The molecule has 4 rings (SSSR count). The Balaban J connectivity index is 1.39. The number of aromatic nitrogens is 1. The van der Waals surface area contributed by atoms with E-state index in [-0.39, 0.29) is 30.3 Å². The molecule has 0 unspecified atom stereocenters. The molecular formula is C26H29FN4O3. The molecule has 1 aromatic heterocycles. The molecule has 34 heavy (non-hydrogen) atoms. The lowest BCUT2D eigenvalue weighted by Crippen LogP contribution is -2.38. The topological polar surface area (TPSA) is 83.6 Å². The Labute approximate surface area is 198 Å². The third-order valence-electron chi connectivity index (χ3n) is 6.11. The van der Waals surface area contributed by atoms with Crippen LogP contribution in [0.3, 0.4) is 0 Å². The summed E-state index contributed by atoms with van der Waals surface area (Å²) >= 11 is 0. The van der Waals surface area contributed by atoms with Crippen molar-refractivity contribution in [1.82, 2.24) is 9.88 Å². The lowest BCUT2D eigenvalue weighted by atomic mass is 9.99. The van der Waals surface area contributed by atoms with E-state index in [9.17, 15) is 14.0 Å². The molecular weight excluding hydrogens is 435 g/mol. The third kappa shape index (κ3) is 5.76. The number of ether oxygens (including phenoxy) is 1. The van der Waals surface area contributed by atoms with Gasteiger partial charge >= 0.3 is 0 Å². The van der Waals surface area contributed by atoms with Gasteiger partial charge in [-0.15, -0.1) is 0 Å². The van der Waals surface area contributed by atoms with E-state index in [4.69, 9.17) is 4.74 Å². The van der Waals surface area contributed by atoms with E-state index in [1.54, 1.807) is 0 Å². The first kappa shape index (κ1) is 23.8. The second-order valence-electron chi connectivity index (χ2n) is 8.49. The van der Waals surface area contributed by atoms with Crippen molar-refractivity contribution >= 4 is 34.1 Å². The molecule has 1 aliphatic rings. The zero-order chi connectivity index (χ0) is 24.1. The number of fused-ring (bicyclic) bond motifs is 1. The quantitative estimate of drug-likeness (QED) is 0.555. The molecule has 0 atom stereocenters. The predicted molar refractivity (Wildman–Crippen MR) is 130 cm³/mol. The van der Waals surface area contributed by atoms with Gasteiger partial charge in [-0.05, 0) is 49.2 Å². The van der Waals surface area contributed by atoms with Crippen LogP contribution in [0.15, 0.2) is 42.5 Å².